The van der Waals surface area contributed by atoms with Crippen molar-refractivity contribution in [1.82, 2.24) is 0 Å². The fourth-order valence-corrected chi connectivity index (χ4v) is 2.62. The molecule has 1 aromatic carbocycles. The second-order valence-electron chi connectivity index (χ2n) is 5.23. The summed E-state index contributed by atoms with van der Waals surface area (Å²) in [5.74, 6) is -1.84. The largest absolute Gasteiger partial charge is 0.497 e. The van der Waals surface area contributed by atoms with Crippen LogP contribution in [0.15, 0.2) is 35.4 Å². The first-order valence-electron chi connectivity index (χ1n) is 7.85. The molecule has 2 atom stereocenters. The molecule has 0 bridgehead atoms. The van der Waals surface area contributed by atoms with Crippen molar-refractivity contribution in [3.63, 3.8) is 0 Å². The Kier molecular flexibility index (Phi) is 6.35. The number of ether oxygens (including phenoxy) is 5. The van der Waals surface area contributed by atoms with E-state index in [-0.39, 0.29) is 17.8 Å². The number of esters is 3. The van der Waals surface area contributed by atoms with Gasteiger partial charge in [-0.25, -0.2) is 14.4 Å². The van der Waals surface area contributed by atoms with Gasteiger partial charge in [0.15, 0.2) is 6.10 Å². The smallest absolute Gasteiger partial charge is 0.340 e. The highest BCUT2D eigenvalue weighted by Crippen LogP contribution is 2.40. The molecule has 26 heavy (non-hydrogen) atoms. The monoisotopic (exact) mass is 364 g/mol. The maximum Gasteiger partial charge on any atom is 0.340 e. The summed E-state index contributed by atoms with van der Waals surface area (Å²) in [7, 11) is 3.84. The molecular weight excluding hydrogens is 344 g/mol. The van der Waals surface area contributed by atoms with E-state index in [1.54, 1.807) is 31.2 Å². The van der Waals surface area contributed by atoms with E-state index in [9.17, 15) is 14.4 Å². The van der Waals surface area contributed by atoms with Gasteiger partial charge in [-0.15, -0.1) is 0 Å². The molecule has 1 heterocycles. The molecule has 1 aliphatic rings. The third kappa shape index (κ3) is 3.70. The van der Waals surface area contributed by atoms with Crippen molar-refractivity contribution in [2.24, 2.45) is 0 Å². The van der Waals surface area contributed by atoms with E-state index in [0.717, 1.165) is 7.11 Å². The molecule has 0 amide bonds. The normalized spacial score (nSPS) is 19.1. The number of methoxy groups -OCH3 is 3. The van der Waals surface area contributed by atoms with Crippen molar-refractivity contribution in [2.75, 3.05) is 27.9 Å². The Morgan fingerprint density at radius 3 is 2.04 bits per heavy atom. The minimum Gasteiger partial charge on any atom is -0.497 e. The van der Waals surface area contributed by atoms with Crippen LogP contribution in [-0.2, 0) is 33.3 Å². The molecule has 0 aliphatic carbocycles. The number of hydrogen-bond acceptors (Lipinski definition) is 8. The first-order chi connectivity index (χ1) is 12.5. The van der Waals surface area contributed by atoms with Crippen LogP contribution in [0.3, 0.4) is 0 Å². The van der Waals surface area contributed by atoms with Gasteiger partial charge in [-0.3, -0.25) is 0 Å². The Bertz CT molecular complexity index is 719. The molecular formula is C18H20O8. The molecule has 0 N–H and O–H groups in total. The maximum atomic E-state index is 12.3. The Morgan fingerprint density at radius 1 is 0.962 bits per heavy atom. The summed E-state index contributed by atoms with van der Waals surface area (Å²) in [6.07, 6.45) is -2.37. The molecule has 0 fully saturated rings. The number of carbonyl (C=O) groups is 3. The maximum absolute atomic E-state index is 12.3. The second-order valence-corrected chi connectivity index (χ2v) is 5.23. The fraction of sp³-hybridized carbons (Fsp3) is 0.389. The fourth-order valence-electron chi connectivity index (χ4n) is 2.62. The van der Waals surface area contributed by atoms with Crippen LogP contribution in [0.25, 0.3) is 0 Å². The zero-order chi connectivity index (χ0) is 19.3. The van der Waals surface area contributed by atoms with Gasteiger partial charge in [0, 0.05) is 0 Å². The van der Waals surface area contributed by atoms with Crippen LogP contribution in [0.5, 0.6) is 5.75 Å². The van der Waals surface area contributed by atoms with Crippen molar-refractivity contribution in [1.29, 1.82) is 0 Å². The van der Waals surface area contributed by atoms with Crippen LogP contribution in [0.4, 0.5) is 0 Å². The highest BCUT2D eigenvalue weighted by Gasteiger charge is 2.47. The van der Waals surface area contributed by atoms with Gasteiger partial charge in [0.05, 0.1) is 39.1 Å². The summed E-state index contributed by atoms with van der Waals surface area (Å²) in [6.45, 7) is 1.71. The molecule has 1 aromatic rings. The second kappa shape index (κ2) is 8.48. The average Bonchev–Trinajstić information content (AvgIpc) is 3.07. The predicted octanol–water partition coefficient (Wildman–Crippen LogP) is 1.34. The third-order valence-corrected chi connectivity index (χ3v) is 3.82. The van der Waals surface area contributed by atoms with Crippen LogP contribution in [0.1, 0.15) is 18.6 Å². The van der Waals surface area contributed by atoms with E-state index in [2.05, 4.69) is 0 Å². The minimum atomic E-state index is -1.39. The van der Waals surface area contributed by atoms with Crippen molar-refractivity contribution >= 4 is 17.9 Å². The van der Waals surface area contributed by atoms with E-state index >= 15 is 0 Å². The van der Waals surface area contributed by atoms with Crippen LogP contribution < -0.4 is 4.74 Å². The molecule has 2 rings (SSSR count). The number of carbonyl (C=O) groups excluding carboxylic acids is 3. The Morgan fingerprint density at radius 2 is 1.54 bits per heavy atom. The van der Waals surface area contributed by atoms with Gasteiger partial charge in [0.25, 0.3) is 0 Å². The Labute approximate surface area is 150 Å². The van der Waals surface area contributed by atoms with Gasteiger partial charge in [-0.2, -0.15) is 0 Å². The lowest BCUT2D eigenvalue weighted by molar-refractivity contribution is -0.157. The lowest BCUT2D eigenvalue weighted by Gasteiger charge is -2.16. The zero-order valence-corrected chi connectivity index (χ0v) is 14.9. The molecule has 8 heteroatoms. The molecule has 0 radical (unpaired) electrons. The first kappa shape index (κ1) is 19.5. The summed E-state index contributed by atoms with van der Waals surface area (Å²) < 4.78 is 25.3. The SMILES string of the molecule is CCOC(=O)[C@@H]1O[C@@H](c2ccc(OC)cc2)C(C(=O)OC)=C1C(=O)OC. The molecule has 140 valence electrons. The topological polar surface area (TPSA) is 97.4 Å². The molecule has 8 nitrogen and oxygen atoms in total. The molecule has 0 spiro atoms. The first-order valence-corrected chi connectivity index (χ1v) is 7.85. The summed E-state index contributed by atoms with van der Waals surface area (Å²) in [4.78, 5) is 36.8. The van der Waals surface area contributed by atoms with Gasteiger partial charge in [0.1, 0.15) is 11.9 Å². The third-order valence-electron chi connectivity index (χ3n) is 3.82. The lowest BCUT2D eigenvalue weighted by Crippen LogP contribution is -2.29. The van der Waals surface area contributed by atoms with Crippen molar-refractivity contribution in [2.45, 2.75) is 19.1 Å². The summed E-state index contributed by atoms with van der Waals surface area (Å²) in [5, 5.41) is 0. The number of benzene rings is 1. The van der Waals surface area contributed by atoms with E-state index in [0.29, 0.717) is 11.3 Å². The van der Waals surface area contributed by atoms with Crippen molar-refractivity contribution in [3.8, 4) is 5.75 Å². The lowest BCUT2D eigenvalue weighted by atomic mass is 9.97. The van der Waals surface area contributed by atoms with Crippen LogP contribution >= 0.6 is 0 Å². The summed E-state index contributed by atoms with van der Waals surface area (Å²) in [6, 6.07) is 6.66. The molecule has 0 unspecified atom stereocenters. The summed E-state index contributed by atoms with van der Waals surface area (Å²) >= 11 is 0. The van der Waals surface area contributed by atoms with E-state index < -0.39 is 30.1 Å². The van der Waals surface area contributed by atoms with Crippen molar-refractivity contribution < 1.29 is 38.1 Å². The van der Waals surface area contributed by atoms with Crippen LogP contribution in [0, 0.1) is 0 Å². The molecule has 0 saturated carbocycles. The number of rotatable bonds is 6. The van der Waals surface area contributed by atoms with Crippen molar-refractivity contribution in [3.05, 3.63) is 41.0 Å². The molecule has 0 aromatic heterocycles. The molecule has 0 saturated heterocycles. The van der Waals surface area contributed by atoms with Gasteiger partial charge in [-0.1, -0.05) is 12.1 Å². The Balaban J connectivity index is 2.56. The van der Waals surface area contributed by atoms with E-state index in [1.807, 2.05) is 0 Å². The van der Waals surface area contributed by atoms with E-state index in [4.69, 9.17) is 23.7 Å². The minimum absolute atomic E-state index is 0.0912. The standard InChI is InChI=1S/C18H20O8/c1-5-25-18(21)15-13(17(20)24-4)12(16(19)23-3)14(26-15)10-6-8-11(22-2)9-7-10/h6-9,14-15H,5H2,1-4H3/t14-,15+/m0/s1. The van der Waals surface area contributed by atoms with Gasteiger partial charge in [-0.05, 0) is 24.6 Å². The highest BCUT2D eigenvalue weighted by atomic mass is 16.6. The molecule has 1 aliphatic heterocycles. The number of hydrogen-bond donors (Lipinski definition) is 0. The van der Waals surface area contributed by atoms with E-state index in [1.165, 1.54) is 14.2 Å². The summed E-state index contributed by atoms with van der Waals surface area (Å²) in [5.41, 5.74) is 0.223. The zero-order valence-electron chi connectivity index (χ0n) is 14.9. The predicted molar refractivity (Wildman–Crippen MR) is 88.3 cm³/mol. The van der Waals surface area contributed by atoms with Crippen LogP contribution in [0.2, 0.25) is 0 Å². The average molecular weight is 364 g/mol. The van der Waals surface area contributed by atoms with Crippen LogP contribution in [-0.4, -0.2) is 51.9 Å². The van der Waals surface area contributed by atoms with Gasteiger partial charge in [0.2, 0.25) is 0 Å². The van der Waals surface area contributed by atoms with Gasteiger partial charge < -0.3 is 23.7 Å². The van der Waals surface area contributed by atoms with Gasteiger partial charge >= 0.3 is 17.9 Å². The quantitative estimate of drug-likeness (QED) is 0.551. The Hall–Kier alpha value is -2.87. The highest BCUT2D eigenvalue weighted by molar-refractivity contribution is 6.06.